The third kappa shape index (κ3) is 3.70. The van der Waals surface area contributed by atoms with Crippen LogP contribution in [0.15, 0.2) is 23.9 Å². The highest BCUT2D eigenvalue weighted by Gasteiger charge is 2.00. The van der Waals surface area contributed by atoms with E-state index in [1.54, 1.807) is 24.2 Å². The second kappa shape index (κ2) is 6.19. The van der Waals surface area contributed by atoms with E-state index in [1.807, 2.05) is 0 Å². The van der Waals surface area contributed by atoms with Crippen molar-refractivity contribution in [2.24, 2.45) is 0 Å². The lowest BCUT2D eigenvalue weighted by molar-refractivity contribution is 0.957. The normalized spacial score (nSPS) is 10.4. The van der Waals surface area contributed by atoms with Gasteiger partial charge >= 0.3 is 0 Å². The monoisotopic (exact) mass is 250 g/mol. The van der Waals surface area contributed by atoms with Gasteiger partial charge in [0.15, 0.2) is 5.16 Å². The van der Waals surface area contributed by atoms with Crippen LogP contribution in [0.2, 0.25) is 0 Å². The topological polar surface area (TPSA) is 79.4 Å². The van der Waals surface area contributed by atoms with E-state index < -0.39 is 0 Å². The van der Waals surface area contributed by atoms with Crippen LogP contribution in [0.1, 0.15) is 19.0 Å². The Balaban J connectivity index is 1.85. The van der Waals surface area contributed by atoms with Crippen LogP contribution >= 0.6 is 11.8 Å². The minimum Gasteiger partial charge on any atom is -0.369 e. The van der Waals surface area contributed by atoms with Gasteiger partial charge in [0.2, 0.25) is 0 Å². The van der Waals surface area contributed by atoms with Crippen LogP contribution in [-0.4, -0.2) is 31.7 Å². The van der Waals surface area contributed by atoms with Gasteiger partial charge in [-0.25, -0.2) is 9.97 Å². The molecule has 2 N–H and O–H groups in total. The summed E-state index contributed by atoms with van der Waals surface area (Å²) >= 11 is 1.55. The number of thioether (sulfide) groups is 1. The van der Waals surface area contributed by atoms with E-state index in [0.29, 0.717) is 0 Å². The van der Waals surface area contributed by atoms with E-state index in [2.05, 4.69) is 37.4 Å². The number of anilines is 1. The van der Waals surface area contributed by atoms with Gasteiger partial charge in [-0.05, 0) is 6.42 Å². The molecule has 0 aliphatic heterocycles. The molecule has 7 heteroatoms. The lowest BCUT2D eigenvalue weighted by atomic mass is 10.4. The molecule has 2 aromatic rings. The van der Waals surface area contributed by atoms with Gasteiger partial charge in [-0.3, -0.25) is 10.1 Å². The Morgan fingerprint density at radius 3 is 2.88 bits per heavy atom. The summed E-state index contributed by atoms with van der Waals surface area (Å²) in [6.07, 6.45) is 6.10. The number of hydrogen-bond donors (Lipinski definition) is 2. The molecule has 0 saturated carbocycles. The number of aromatic nitrogens is 5. The van der Waals surface area contributed by atoms with Crippen LogP contribution in [0, 0.1) is 0 Å². The molecule has 0 aliphatic rings. The summed E-state index contributed by atoms with van der Waals surface area (Å²) in [4.78, 5) is 12.6. The summed E-state index contributed by atoms with van der Waals surface area (Å²) in [5, 5.41) is 10.5. The lowest BCUT2D eigenvalue weighted by Crippen LogP contribution is -2.02. The Kier molecular flexibility index (Phi) is 4.31. The van der Waals surface area contributed by atoms with Crippen LogP contribution in [0.3, 0.4) is 0 Å². The molecular formula is C10H14N6S. The first kappa shape index (κ1) is 11.8. The number of H-pyrrole nitrogens is 1. The zero-order valence-electron chi connectivity index (χ0n) is 9.55. The summed E-state index contributed by atoms with van der Waals surface area (Å²) in [5.74, 6) is 1.55. The molecule has 0 saturated heterocycles. The van der Waals surface area contributed by atoms with Crippen LogP contribution in [0.4, 0.5) is 5.82 Å². The molecule has 0 unspecified atom stereocenters. The van der Waals surface area contributed by atoms with Gasteiger partial charge in [0, 0.05) is 12.3 Å². The lowest BCUT2D eigenvalue weighted by Gasteiger charge is -2.03. The average Bonchev–Trinajstić information content (AvgIpc) is 2.88. The molecule has 0 aromatic carbocycles. The SMILES string of the molecule is CCCNc1cnc(CSc2ncn[nH]2)cn1. The van der Waals surface area contributed by atoms with Crippen molar-refractivity contribution < 1.29 is 0 Å². The summed E-state index contributed by atoms with van der Waals surface area (Å²) in [6, 6.07) is 0. The van der Waals surface area contributed by atoms with Gasteiger partial charge in [-0.2, -0.15) is 5.10 Å². The molecule has 17 heavy (non-hydrogen) atoms. The van der Waals surface area contributed by atoms with Crippen molar-refractivity contribution in [3.05, 3.63) is 24.4 Å². The molecule has 0 amide bonds. The maximum atomic E-state index is 4.32. The molecular weight excluding hydrogens is 236 g/mol. The van der Waals surface area contributed by atoms with Crippen LogP contribution in [0.5, 0.6) is 0 Å². The van der Waals surface area contributed by atoms with Crippen LogP contribution in [-0.2, 0) is 5.75 Å². The molecule has 0 fully saturated rings. The van der Waals surface area contributed by atoms with E-state index in [4.69, 9.17) is 0 Å². The van der Waals surface area contributed by atoms with Gasteiger partial charge in [-0.15, -0.1) is 0 Å². The van der Waals surface area contributed by atoms with Crippen molar-refractivity contribution >= 4 is 17.6 Å². The van der Waals surface area contributed by atoms with Gasteiger partial charge in [0.1, 0.15) is 12.1 Å². The van der Waals surface area contributed by atoms with Crippen molar-refractivity contribution in [1.82, 2.24) is 25.1 Å². The zero-order valence-corrected chi connectivity index (χ0v) is 10.4. The fraction of sp³-hybridized carbons (Fsp3) is 0.400. The average molecular weight is 250 g/mol. The molecule has 0 atom stereocenters. The standard InChI is InChI=1S/C10H14N6S/c1-2-3-11-9-5-12-8(4-13-9)6-17-10-14-7-15-16-10/h4-5,7H,2-3,6H2,1H3,(H,11,13)(H,14,15,16). The van der Waals surface area contributed by atoms with E-state index in [-0.39, 0.29) is 0 Å². The third-order valence-corrected chi connectivity index (χ3v) is 2.92. The van der Waals surface area contributed by atoms with E-state index in [9.17, 15) is 0 Å². The Morgan fingerprint density at radius 1 is 1.29 bits per heavy atom. The smallest absolute Gasteiger partial charge is 0.183 e. The van der Waals surface area contributed by atoms with Crippen molar-refractivity contribution in [3.8, 4) is 0 Å². The second-order valence-electron chi connectivity index (χ2n) is 3.40. The van der Waals surface area contributed by atoms with Crippen molar-refractivity contribution in [3.63, 3.8) is 0 Å². The predicted molar refractivity (Wildman–Crippen MR) is 66.8 cm³/mol. The highest BCUT2D eigenvalue weighted by atomic mass is 32.2. The molecule has 0 aliphatic carbocycles. The highest BCUT2D eigenvalue weighted by molar-refractivity contribution is 7.98. The van der Waals surface area contributed by atoms with Crippen LogP contribution < -0.4 is 5.32 Å². The number of rotatable bonds is 6. The highest BCUT2D eigenvalue weighted by Crippen LogP contribution is 2.16. The van der Waals surface area contributed by atoms with Crippen LogP contribution in [0.25, 0.3) is 0 Å². The maximum absolute atomic E-state index is 4.32. The second-order valence-corrected chi connectivity index (χ2v) is 4.36. The fourth-order valence-electron chi connectivity index (χ4n) is 1.18. The minimum absolute atomic E-state index is 0.732. The molecule has 6 nitrogen and oxygen atoms in total. The van der Waals surface area contributed by atoms with Gasteiger partial charge in [0.05, 0.1) is 18.1 Å². The predicted octanol–water partition coefficient (Wildman–Crippen LogP) is 1.71. The van der Waals surface area contributed by atoms with Gasteiger partial charge in [-0.1, -0.05) is 18.7 Å². The quantitative estimate of drug-likeness (QED) is 0.760. The number of nitrogens with one attached hydrogen (secondary N) is 2. The molecule has 0 bridgehead atoms. The van der Waals surface area contributed by atoms with Crippen molar-refractivity contribution in [2.45, 2.75) is 24.3 Å². The Bertz CT molecular complexity index is 427. The summed E-state index contributed by atoms with van der Waals surface area (Å²) in [7, 11) is 0. The summed E-state index contributed by atoms with van der Waals surface area (Å²) < 4.78 is 0. The Labute approximate surface area is 104 Å². The Hall–Kier alpha value is -1.63. The first-order chi connectivity index (χ1) is 8.38. The molecule has 0 spiro atoms. The first-order valence-electron chi connectivity index (χ1n) is 5.41. The zero-order chi connectivity index (χ0) is 11.9. The fourth-order valence-corrected chi connectivity index (χ4v) is 1.85. The van der Waals surface area contributed by atoms with Crippen molar-refractivity contribution in [1.29, 1.82) is 0 Å². The third-order valence-electron chi connectivity index (χ3n) is 2.01. The van der Waals surface area contributed by atoms with Crippen molar-refractivity contribution in [2.75, 3.05) is 11.9 Å². The summed E-state index contributed by atoms with van der Waals surface area (Å²) in [6.45, 7) is 3.03. The Morgan fingerprint density at radius 2 is 2.24 bits per heavy atom. The molecule has 2 heterocycles. The van der Waals surface area contributed by atoms with Gasteiger partial charge in [0.25, 0.3) is 0 Å². The maximum Gasteiger partial charge on any atom is 0.183 e. The van der Waals surface area contributed by atoms with Gasteiger partial charge < -0.3 is 5.32 Å². The summed E-state index contributed by atoms with van der Waals surface area (Å²) in [5.41, 5.74) is 0.924. The number of aromatic amines is 1. The largest absolute Gasteiger partial charge is 0.369 e. The number of nitrogens with zero attached hydrogens (tertiary/aromatic N) is 4. The number of hydrogen-bond acceptors (Lipinski definition) is 6. The minimum atomic E-state index is 0.732. The van der Waals surface area contributed by atoms with E-state index >= 15 is 0 Å². The first-order valence-corrected chi connectivity index (χ1v) is 6.40. The van der Waals surface area contributed by atoms with E-state index in [1.165, 1.54) is 6.33 Å². The van der Waals surface area contributed by atoms with E-state index in [0.717, 1.165) is 35.4 Å². The molecule has 2 aromatic heterocycles. The molecule has 2 rings (SSSR count). The molecule has 90 valence electrons. The molecule has 0 radical (unpaired) electrons.